The van der Waals surface area contributed by atoms with Gasteiger partial charge in [0.15, 0.2) is 0 Å². The maximum atomic E-state index is 12.9. The molecule has 0 aromatic heterocycles. The lowest BCUT2D eigenvalue weighted by molar-refractivity contribution is -0.143. The van der Waals surface area contributed by atoms with E-state index < -0.39 is 0 Å². The van der Waals surface area contributed by atoms with Gasteiger partial charge in [0.25, 0.3) is 0 Å². The number of likely N-dealkylation sites (tertiary alicyclic amines) is 1. The zero-order valence-corrected chi connectivity index (χ0v) is 16.9. The number of carbonyl (C=O) groups excluding carboxylic acids is 2. The Morgan fingerprint density at radius 1 is 1.18 bits per heavy atom. The van der Waals surface area contributed by atoms with Crippen molar-refractivity contribution in [1.29, 1.82) is 0 Å². The summed E-state index contributed by atoms with van der Waals surface area (Å²) in [4.78, 5) is 28.9. The molecule has 148 valence electrons. The minimum Gasteiger partial charge on any atom is -0.497 e. The summed E-state index contributed by atoms with van der Waals surface area (Å²) in [5, 5.41) is 0. The maximum Gasteiger partial charge on any atom is 0.227 e. The highest BCUT2D eigenvalue weighted by molar-refractivity contribution is 5.83. The zero-order chi connectivity index (χ0) is 20.1. The van der Waals surface area contributed by atoms with E-state index >= 15 is 0 Å². The van der Waals surface area contributed by atoms with Gasteiger partial charge in [-0.1, -0.05) is 42.0 Å². The van der Waals surface area contributed by atoms with Gasteiger partial charge in [-0.05, 0) is 36.6 Å². The standard InChI is InChI=1S/C23H28N2O3/c1-17-7-9-18(10-8-17)14-24(2)23(27)20-11-12-22(26)25(16-20)15-19-5-4-6-21(13-19)28-3/h4-10,13,20H,11-12,14-16H2,1-3H3/t20-/m1/s1. The zero-order valence-electron chi connectivity index (χ0n) is 16.9. The molecule has 0 radical (unpaired) electrons. The van der Waals surface area contributed by atoms with E-state index in [1.165, 1.54) is 5.56 Å². The predicted molar refractivity (Wildman–Crippen MR) is 109 cm³/mol. The van der Waals surface area contributed by atoms with E-state index in [2.05, 4.69) is 31.2 Å². The van der Waals surface area contributed by atoms with E-state index in [-0.39, 0.29) is 17.7 Å². The molecule has 0 saturated carbocycles. The van der Waals surface area contributed by atoms with Crippen LogP contribution in [0.3, 0.4) is 0 Å². The predicted octanol–water partition coefficient (Wildman–Crippen LogP) is 3.40. The Hall–Kier alpha value is -2.82. The molecule has 0 bridgehead atoms. The Balaban J connectivity index is 1.62. The van der Waals surface area contributed by atoms with Gasteiger partial charge >= 0.3 is 0 Å². The van der Waals surface area contributed by atoms with Gasteiger partial charge in [-0.2, -0.15) is 0 Å². The van der Waals surface area contributed by atoms with Crippen LogP contribution in [0.4, 0.5) is 0 Å². The number of benzene rings is 2. The molecule has 0 N–H and O–H groups in total. The first-order valence-electron chi connectivity index (χ1n) is 9.67. The van der Waals surface area contributed by atoms with Gasteiger partial charge in [0.05, 0.1) is 13.0 Å². The highest BCUT2D eigenvalue weighted by Gasteiger charge is 2.31. The van der Waals surface area contributed by atoms with Crippen LogP contribution in [0.5, 0.6) is 5.75 Å². The number of ether oxygens (including phenoxy) is 1. The number of hydrogen-bond acceptors (Lipinski definition) is 3. The largest absolute Gasteiger partial charge is 0.497 e. The number of methoxy groups -OCH3 is 1. The molecule has 1 heterocycles. The first-order chi connectivity index (χ1) is 13.5. The minimum absolute atomic E-state index is 0.101. The Bertz CT molecular complexity index is 832. The van der Waals surface area contributed by atoms with Crippen molar-refractivity contribution >= 4 is 11.8 Å². The normalized spacial score (nSPS) is 16.8. The molecule has 1 saturated heterocycles. The summed E-state index contributed by atoms with van der Waals surface area (Å²) in [5.74, 6) is 0.822. The average Bonchev–Trinajstić information content (AvgIpc) is 2.71. The Morgan fingerprint density at radius 2 is 1.93 bits per heavy atom. The van der Waals surface area contributed by atoms with Crippen molar-refractivity contribution < 1.29 is 14.3 Å². The molecule has 2 aromatic carbocycles. The van der Waals surface area contributed by atoms with E-state index in [9.17, 15) is 9.59 Å². The summed E-state index contributed by atoms with van der Waals surface area (Å²) in [7, 11) is 3.47. The van der Waals surface area contributed by atoms with Crippen LogP contribution < -0.4 is 4.74 Å². The molecule has 1 fully saturated rings. The van der Waals surface area contributed by atoms with Gasteiger partial charge < -0.3 is 14.5 Å². The molecule has 0 aliphatic carbocycles. The molecule has 5 heteroatoms. The third-order valence-electron chi connectivity index (χ3n) is 5.27. The van der Waals surface area contributed by atoms with Crippen LogP contribution in [0.1, 0.15) is 29.5 Å². The Kier molecular flexibility index (Phi) is 6.34. The molecular formula is C23H28N2O3. The second-order valence-corrected chi connectivity index (χ2v) is 7.54. The molecule has 2 aromatic rings. The summed E-state index contributed by atoms with van der Waals surface area (Å²) in [6.45, 7) is 3.60. The van der Waals surface area contributed by atoms with Gasteiger partial charge in [0.1, 0.15) is 5.75 Å². The van der Waals surface area contributed by atoms with Crippen molar-refractivity contribution in [2.75, 3.05) is 20.7 Å². The quantitative estimate of drug-likeness (QED) is 0.772. The highest BCUT2D eigenvalue weighted by Crippen LogP contribution is 2.23. The minimum atomic E-state index is -0.154. The fourth-order valence-electron chi connectivity index (χ4n) is 3.62. The van der Waals surface area contributed by atoms with Crippen molar-refractivity contribution in [2.45, 2.75) is 32.9 Å². The molecule has 3 rings (SSSR count). The average molecular weight is 380 g/mol. The summed E-state index contributed by atoms with van der Waals surface area (Å²) in [5.41, 5.74) is 3.33. The van der Waals surface area contributed by atoms with Gasteiger partial charge in [-0.15, -0.1) is 0 Å². The third-order valence-corrected chi connectivity index (χ3v) is 5.27. The van der Waals surface area contributed by atoms with E-state index in [0.717, 1.165) is 16.9 Å². The van der Waals surface area contributed by atoms with Crippen LogP contribution in [0.15, 0.2) is 48.5 Å². The van der Waals surface area contributed by atoms with Crippen molar-refractivity contribution in [3.8, 4) is 5.75 Å². The molecule has 28 heavy (non-hydrogen) atoms. The summed E-state index contributed by atoms with van der Waals surface area (Å²) in [6, 6.07) is 15.9. The van der Waals surface area contributed by atoms with Crippen LogP contribution in [-0.4, -0.2) is 42.3 Å². The van der Waals surface area contributed by atoms with Crippen molar-refractivity contribution in [2.24, 2.45) is 5.92 Å². The molecule has 1 atom stereocenters. The number of carbonyl (C=O) groups is 2. The number of rotatable bonds is 6. The topological polar surface area (TPSA) is 49.9 Å². The van der Waals surface area contributed by atoms with Crippen molar-refractivity contribution in [1.82, 2.24) is 9.80 Å². The highest BCUT2D eigenvalue weighted by atomic mass is 16.5. The van der Waals surface area contributed by atoms with Gasteiger partial charge in [-0.25, -0.2) is 0 Å². The number of aryl methyl sites for hydroxylation is 1. The molecule has 1 aliphatic heterocycles. The van der Waals surface area contributed by atoms with E-state index in [1.54, 1.807) is 16.9 Å². The van der Waals surface area contributed by atoms with Crippen molar-refractivity contribution in [3.05, 3.63) is 65.2 Å². The van der Waals surface area contributed by atoms with Crippen LogP contribution in [-0.2, 0) is 22.7 Å². The third kappa shape index (κ3) is 4.91. The molecular weight excluding hydrogens is 352 g/mol. The van der Waals surface area contributed by atoms with E-state index in [1.807, 2.05) is 31.3 Å². The van der Waals surface area contributed by atoms with Crippen LogP contribution >= 0.6 is 0 Å². The lowest BCUT2D eigenvalue weighted by atomic mass is 9.95. The van der Waals surface area contributed by atoms with Gasteiger partial charge in [0, 0.05) is 33.1 Å². The van der Waals surface area contributed by atoms with Crippen LogP contribution in [0, 0.1) is 12.8 Å². The second kappa shape index (κ2) is 8.91. The molecule has 0 unspecified atom stereocenters. The molecule has 5 nitrogen and oxygen atoms in total. The van der Waals surface area contributed by atoms with Crippen LogP contribution in [0.2, 0.25) is 0 Å². The van der Waals surface area contributed by atoms with Crippen LogP contribution in [0.25, 0.3) is 0 Å². The lowest BCUT2D eigenvalue weighted by Crippen LogP contribution is -2.45. The lowest BCUT2D eigenvalue weighted by Gasteiger charge is -2.34. The number of piperidine rings is 1. The van der Waals surface area contributed by atoms with E-state index in [0.29, 0.717) is 32.5 Å². The molecule has 1 aliphatic rings. The summed E-state index contributed by atoms with van der Waals surface area (Å²) < 4.78 is 5.26. The molecule has 2 amide bonds. The smallest absolute Gasteiger partial charge is 0.227 e. The monoisotopic (exact) mass is 380 g/mol. The fourth-order valence-corrected chi connectivity index (χ4v) is 3.62. The fraction of sp³-hybridized carbons (Fsp3) is 0.391. The summed E-state index contributed by atoms with van der Waals surface area (Å²) in [6.07, 6.45) is 1.03. The first-order valence-corrected chi connectivity index (χ1v) is 9.67. The van der Waals surface area contributed by atoms with Gasteiger partial charge in [-0.3, -0.25) is 9.59 Å². The maximum absolute atomic E-state index is 12.9. The molecule has 0 spiro atoms. The van der Waals surface area contributed by atoms with E-state index in [4.69, 9.17) is 4.74 Å². The number of amides is 2. The summed E-state index contributed by atoms with van der Waals surface area (Å²) >= 11 is 0. The van der Waals surface area contributed by atoms with Crippen molar-refractivity contribution in [3.63, 3.8) is 0 Å². The number of hydrogen-bond donors (Lipinski definition) is 0. The first kappa shape index (κ1) is 19.9. The Morgan fingerprint density at radius 3 is 2.64 bits per heavy atom. The Labute approximate surface area is 166 Å². The SMILES string of the molecule is COc1cccc(CN2C[C@H](C(=O)N(C)Cc3ccc(C)cc3)CCC2=O)c1. The number of nitrogens with zero attached hydrogens (tertiary/aromatic N) is 2. The second-order valence-electron chi connectivity index (χ2n) is 7.54. The van der Waals surface area contributed by atoms with Gasteiger partial charge in [0.2, 0.25) is 11.8 Å².